The molecule has 2 aromatic rings. The van der Waals surface area contributed by atoms with Gasteiger partial charge in [-0.15, -0.1) is 11.3 Å². The summed E-state index contributed by atoms with van der Waals surface area (Å²) in [6, 6.07) is 5.71. The highest BCUT2D eigenvalue weighted by Gasteiger charge is 2.19. The lowest BCUT2D eigenvalue weighted by Crippen LogP contribution is -2.26. The second kappa shape index (κ2) is 6.64. The van der Waals surface area contributed by atoms with Crippen LogP contribution in [0.4, 0.5) is 8.78 Å². The van der Waals surface area contributed by atoms with E-state index >= 15 is 0 Å². The Labute approximate surface area is 130 Å². The standard InChI is InChI=1S/C14H13F2NO3S2/c1-9(18)13-4-3-11(21-13)6-7-17-22(19,20)14-5-2-10(15)8-12(14)16/h2-5,8,17H,6-7H2,1H3. The summed E-state index contributed by atoms with van der Waals surface area (Å²) >= 11 is 1.28. The van der Waals surface area contributed by atoms with Crippen LogP contribution in [0.1, 0.15) is 21.5 Å². The number of Topliss-reactive ketones (excluding diaryl/α,β-unsaturated/α-hetero) is 1. The van der Waals surface area contributed by atoms with Crippen LogP contribution in [-0.4, -0.2) is 20.7 Å². The zero-order chi connectivity index (χ0) is 16.3. The fraction of sp³-hybridized carbons (Fsp3) is 0.214. The van der Waals surface area contributed by atoms with Crippen molar-refractivity contribution in [2.24, 2.45) is 0 Å². The highest BCUT2D eigenvalue weighted by atomic mass is 32.2. The van der Waals surface area contributed by atoms with Crippen molar-refractivity contribution in [2.75, 3.05) is 6.54 Å². The van der Waals surface area contributed by atoms with Crippen LogP contribution in [0.2, 0.25) is 0 Å². The molecule has 0 radical (unpaired) electrons. The normalized spacial score (nSPS) is 11.6. The number of nitrogens with one attached hydrogen (secondary N) is 1. The van der Waals surface area contributed by atoms with Gasteiger partial charge in [0.15, 0.2) is 5.78 Å². The summed E-state index contributed by atoms with van der Waals surface area (Å²) in [6.45, 7) is 1.51. The highest BCUT2D eigenvalue weighted by molar-refractivity contribution is 7.89. The number of hydrogen-bond acceptors (Lipinski definition) is 4. The third-order valence-electron chi connectivity index (χ3n) is 2.86. The van der Waals surface area contributed by atoms with E-state index in [9.17, 15) is 22.0 Å². The molecular formula is C14H13F2NO3S2. The monoisotopic (exact) mass is 345 g/mol. The third-order valence-corrected chi connectivity index (χ3v) is 5.60. The maximum atomic E-state index is 13.5. The molecule has 0 aliphatic carbocycles. The topological polar surface area (TPSA) is 63.2 Å². The first-order valence-corrected chi connectivity index (χ1v) is 8.64. The molecule has 1 aromatic carbocycles. The minimum atomic E-state index is -4.04. The number of carbonyl (C=O) groups excluding carboxylic acids is 1. The number of benzene rings is 1. The summed E-state index contributed by atoms with van der Waals surface area (Å²) in [5, 5.41) is 0. The Kier molecular flexibility index (Phi) is 5.05. The van der Waals surface area contributed by atoms with Gasteiger partial charge >= 0.3 is 0 Å². The van der Waals surface area contributed by atoms with Crippen LogP contribution in [0.3, 0.4) is 0 Å². The van der Waals surface area contributed by atoms with Gasteiger partial charge < -0.3 is 0 Å². The van der Waals surface area contributed by atoms with Crippen LogP contribution in [0.25, 0.3) is 0 Å². The molecule has 0 atom stereocenters. The molecule has 0 amide bonds. The lowest BCUT2D eigenvalue weighted by molar-refractivity contribution is 0.102. The van der Waals surface area contributed by atoms with E-state index in [0.717, 1.165) is 17.0 Å². The summed E-state index contributed by atoms with van der Waals surface area (Å²) in [4.78, 5) is 12.0. The molecule has 0 spiro atoms. The largest absolute Gasteiger partial charge is 0.294 e. The first kappa shape index (κ1) is 16.7. The van der Waals surface area contributed by atoms with E-state index in [-0.39, 0.29) is 12.3 Å². The molecule has 1 heterocycles. The predicted molar refractivity (Wildman–Crippen MR) is 79.6 cm³/mol. The van der Waals surface area contributed by atoms with Crippen molar-refractivity contribution in [3.8, 4) is 0 Å². The molecule has 0 fully saturated rings. The molecule has 1 aromatic heterocycles. The lowest BCUT2D eigenvalue weighted by atomic mass is 10.3. The van der Waals surface area contributed by atoms with E-state index < -0.39 is 26.6 Å². The zero-order valence-electron chi connectivity index (χ0n) is 11.6. The second-order valence-corrected chi connectivity index (χ2v) is 7.45. The van der Waals surface area contributed by atoms with Gasteiger partial charge in [-0.2, -0.15) is 0 Å². The summed E-state index contributed by atoms with van der Waals surface area (Å²) in [7, 11) is -4.04. The molecule has 0 bridgehead atoms. The molecule has 1 N–H and O–H groups in total. The van der Waals surface area contributed by atoms with Gasteiger partial charge in [0, 0.05) is 17.5 Å². The molecule has 4 nitrogen and oxygen atoms in total. The second-order valence-electron chi connectivity index (χ2n) is 4.54. The maximum Gasteiger partial charge on any atom is 0.243 e. The number of carbonyl (C=O) groups is 1. The fourth-order valence-corrected chi connectivity index (χ4v) is 3.77. The number of rotatable bonds is 6. The Morgan fingerprint density at radius 3 is 2.55 bits per heavy atom. The Balaban J connectivity index is 2.02. The van der Waals surface area contributed by atoms with Crippen molar-refractivity contribution in [3.05, 3.63) is 51.7 Å². The van der Waals surface area contributed by atoms with Gasteiger partial charge in [0.25, 0.3) is 0 Å². The summed E-state index contributed by atoms with van der Waals surface area (Å²) in [5.74, 6) is -2.03. The summed E-state index contributed by atoms with van der Waals surface area (Å²) < 4.78 is 52.4. The van der Waals surface area contributed by atoms with E-state index in [2.05, 4.69) is 4.72 Å². The molecule has 22 heavy (non-hydrogen) atoms. The number of thiophene rings is 1. The lowest BCUT2D eigenvalue weighted by Gasteiger charge is -2.07. The van der Waals surface area contributed by atoms with Crippen LogP contribution in [0.15, 0.2) is 35.2 Å². The minimum absolute atomic E-state index is 0.0507. The van der Waals surface area contributed by atoms with Gasteiger partial charge in [-0.25, -0.2) is 21.9 Å². The van der Waals surface area contributed by atoms with Gasteiger partial charge in [0.2, 0.25) is 10.0 Å². The summed E-state index contributed by atoms with van der Waals surface area (Å²) in [5.41, 5.74) is 0. The maximum absolute atomic E-state index is 13.5. The van der Waals surface area contributed by atoms with Gasteiger partial charge in [-0.1, -0.05) is 0 Å². The number of sulfonamides is 1. The van der Waals surface area contributed by atoms with Crippen LogP contribution >= 0.6 is 11.3 Å². The van der Waals surface area contributed by atoms with Crippen LogP contribution in [0, 0.1) is 11.6 Å². The zero-order valence-corrected chi connectivity index (χ0v) is 13.2. The van der Waals surface area contributed by atoms with Gasteiger partial charge in [0.05, 0.1) is 4.88 Å². The van der Waals surface area contributed by atoms with Crippen molar-refractivity contribution >= 4 is 27.1 Å². The van der Waals surface area contributed by atoms with Crippen molar-refractivity contribution < 1.29 is 22.0 Å². The molecular weight excluding hydrogens is 332 g/mol. The van der Waals surface area contributed by atoms with Gasteiger partial charge in [0.1, 0.15) is 16.5 Å². The van der Waals surface area contributed by atoms with Gasteiger partial charge in [-0.3, -0.25) is 4.79 Å². The van der Waals surface area contributed by atoms with Crippen molar-refractivity contribution in [2.45, 2.75) is 18.2 Å². The Hall–Kier alpha value is -1.64. The van der Waals surface area contributed by atoms with Crippen LogP contribution < -0.4 is 4.72 Å². The van der Waals surface area contributed by atoms with Crippen LogP contribution in [-0.2, 0) is 16.4 Å². The third kappa shape index (κ3) is 3.96. The minimum Gasteiger partial charge on any atom is -0.294 e. The van der Waals surface area contributed by atoms with Crippen LogP contribution in [0.5, 0.6) is 0 Å². The fourth-order valence-electron chi connectivity index (χ4n) is 1.78. The number of ketones is 1. The SMILES string of the molecule is CC(=O)c1ccc(CCNS(=O)(=O)c2ccc(F)cc2F)s1. The van der Waals surface area contributed by atoms with E-state index in [1.807, 2.05) is 0 Å². The number of hydrogen-bond donors (Lipinski definition) is 1. The first-order chi connectivity index (χ1) is 10.3. The van der Waals surface area contributed by atoms with Crippen molar-refractivity contribution in [1.82, 2.24) is 4.72 Å². The molecule has 2 rings (SSSR count). The highest BCUT2D eigenvalue weighted by Crippen LogP contribution is 2.18. The Morgan fingerprint density at radius 2 is 1.95 bits per heavy atom. The smallest absolute Gasteiger partial charge is 0.243 e. The number of halogens is 2. The summed E-state index contributed by atoms with van der Waals surface area (Å²) in [6.07, 6.45) is 0.375. The van der Waals surface area contributed by atoms with E-state index in [4.69, 9.17) is 0 Å². The van der Waals surface area contributed by atoms with E-state index in [0.29, 0.717) is 17.4 Å². The Bertz CT molecular complexity index is 800. The van der Waals surface area contributed by atoms with Gasteiger partial charge in [-0.05, 0) is 37.6 Å². The average Bonchev–Trinajstić information content (AvgIpc) is 2.87. The quantitative estimate of drug-likeness (QED) is 0.819. The molecule has 0 aliphatic rings. The van der Waals surface area contributed by atoms with Crippen molar-refractivity contribution in [1.29, 1.82) is 0 Å². The molecule has 0 saturated carbocycles. The molecule has 0 saturated heterocycles. The predicted octanol–water partition coefficient (Wildman–Crippen LogP) is 2.75. The molecule has 0 aliphatic heterocycles. The molecule has 118 valence electrons. The Morgan fingerprint density at radius 1 is 1.23 bits per heavy atom. The first-order valence-electron chi connectivity index (χ1n) is 6.34. The van der Waals surface area contributed by atoms with Crippen molar-refractivity contribution in [3.63, 3.8) is 0 Å². The van der Waals surface area contributed by atoms with E-state index in [1.54, 1.807) is 12.1 Å². The molecule has 8 heteroatoms. The van der Waals surface area contributed by atoms with E-state index in [1.165, 1.54) is 18.3 Å². The molecule has 0 unspecified atom stereocenters. The average molecular weight is 345 g/mol.